The maximum Gasteiger partial charge on any atom is 0.133 e. The lowest BCUT2D eigenvalue weighted by atomic mass is 9.96. The Bertz CT molecular complexity index is 380. The molecule has 0 aliphatic heterocycles. The van der Waals surface area contributed by atoms with Gasteiger partial charge in [-0.2, -0.15) is 0 Å². The Kier molecular flexibility index (Phi) is 3.27. The summed E-state index contributed by atoms with van der Waals surface area (Å²) in [6, 6.07) is 6.08. The summed E-state index contributed by atoms with van der Waals surface area (Å²) < 4.78 is 6.80. The molecule has 1 saturated carbocycles. The molecule has 0 saturated heterocycles. The number of hydrogen-bond donors (Lipinski definition) is 1. The lowest BCUT2D eigenvalue weighted by Gasteiger charge is -2.20. The van der Waals surface area contributed by atoms with Gasteiger partial charge in [0.2, 0.25) is 0 Å². The van der Waals surface area contributed by atoms with Crippen LogP contribution in [0.2, 0.25) is 0 Å². The predicted octanol–water partition coefficient (Wildman–Crippen LogP) is 3.43. The Labute approximate surface area is 105 Å². The van der Waals surface area contributed by atoms with E-state index in [9.17, 15) is 0 Å². The fourth-order valence-corrected chi connectivity index (χ4v) is 1.87. The first-order valence-corrected chi connectivity index (χ1v) is 6.48. The minimum atomic E-state index is -0.321. The zero-order valence-corrected chi connectivity index (χ0v) is 11.4. The van der Waals surface area contributed by atoms with Crippen LogP contribution in [0.3, 0.4) is 0 Å². The van der Waals surface area contributed by atoms with E-state index in [1.807, 2.05) is 32.0 Å². The van der Waals surface area contributed by atoms with Gasteiger partial charge in [0.15, 0.2) is 0 Å². The van der Waals surface area contributed by atoms with Gasteiger partial charge in [-0.1, -0.05) is 6.07 Å². The second-order valence-electron chi connectivity index (χ2n) is 5.12. The second kappa shape index (κ2) is 4.38. The zero-order valence-electron chi connectivity index (χ0n) is 9.79. The summed E-state index contributed by atoms with van der Waals surface area (Å²) >= 11 is 3.50. The Morgan fingerprint density at radius 3 is 2.69 bits per heavy atom. The van der Waals surface area contributed by atoms with Gasteiger partial charge >= 0.3 is 0 Å². The van der Waals surface area contributed by atoms with Crippen molar-refractivity contribution in [1.29, 1.82) is 0 Å². The maximum atomic E-state index is 6.07. The predicted molar refractivity (Wildman–Crippen MR) is 69.6 cm³/mol. The smallest absolute Gasteiger partial charge is 0.133 e. The lowest BCUT2D eigenvalue weighted by molar-refractivity contribution is 0.297. The van der Waals surface area contributed by atoms with Crippen molar-refractivity contribution in [1.82, 2.24) is 0 Å². The first-order valence-electron chi connectivity index (χ1n) is 5.68. The highest BCUT2D eigenvalue weighted by molar-refractivity contribution is 9.10. The van der Waals surface area contributed by atoms with Crippen LogP contribution in [-0.2, 0) is 5.54 Å². The normalized spacial score (nSPS) is 16.2. The molecule has 2 rings (SSSR count). The fourth-order valence-electron chi connectivity index (χ4n) is 1.51. The summed E-state index contributed by atoms with van der Waals surface area (Å²) in [5, 5.41) is 0. The highest BCUT2D eigenvalue weighted by atomic mass is 79.9. The summed E-state index contributed by atoms with van der Waals surface area (Å²) in [5.74, 6) is 1.67. The van der Waals surface area contributed by atoms with E-state index in [4.69, 9.17) is 10.5 Å². The number of nitrogens with two attached hydrogens (primary N) is 1. The molecule has 0 unspecified atom stereocenters. The molecule has 1 aromatic carbocycles. The van der Waals surface area contributed by atoms with Crippen LogP contribution in [0, 0.1) is 5.92 Å². The van der Waals surface area contributed by atoms with Crippen molar-refractivity contribution in [2.24, 2.45) is 11.7 Å². The molecule has 0 atom stereocenters. The standard InChI is InChI=1S/C13H18BrNO/c1-13(2,15)10-5-6-11(14)12(7-10)16-8-9-3-4-9/h5-7,9H,3-4,8,15H2,1-2H3. The van der Waals surface area contributed by atoms with Crippen LogP contribution in [0.4, 0.5) is 0 Å². The molecule has 1 fully saturated rings. The van der Waals surface area contributed by atoms with Crippen molar-refractivity contribution in [3.8, 4) is 5.75 Å². The Hall–Kier alpha value is -0.540. The highest BCUT2D eigenvalue weighted by Crippen LogP contribution is 2.33. The summed E-state index contributed by atoms with van der Waals surface area (Å²) in [7, 11) is 0. The number of ether oxygens (including phenoxy) is 1. The highest BCUT2D eigenvalue weighted by Gasteiger charge is 2.23. The van der Waals surface area contributed by atoms with Crippen molar-refractivity contribution >= 4 is 15.9 Å². The second-order valence-corrected chi connectivity index (χ2v) is 5.98. The van der Waals surface area contributed by atoms with Crippen molar-refractivity contribution in [2.45, 2.75) is 32.2 Å². The largest absolute Gasteiger partial charge is 0.492 e. The van der Waals surface area contributed by atoms with Crippen LogP contribution in [0.1, 0.15) is 32.3 Å². The first-order chi connectivity index (χ1) is 7.47. The molecular formula is C13H18BrNO. The summed E-state index contributed by atoms with van der Waals surface area (Å²) in [6.07, 6.45) is 2.61. The molecule has 0 bridgehead atoms. The molecule has 2 nitrogen and oxygen atoms in total. The molecule has 0 spiro atoms. The zero-order chi connectivity index (χ0) is 11.8. The van der Waals surface area contributed by atoms with Crippen LogP contribution in [0.15, 0.2) is 22.7 Å². The van der Waals surface area contributed by atoms with E-state index in [2.05, 4.69) is 15.9 Å². The Morgan fingerprint density at radius 1 is 1.44 bits per heavy atom. The molecular weight excluding hydrogens is 266 g/mol. The number of hydrogen-bond acceptors (Lipinski definition) is 2. The lowest BCUT2D eigenvalue weighted by Crippen LogP contribution is -2.28. The van der Waals surface area contributed by atoms with Gasteiger partial charge in [-0.25, -0.2) is 0 Å². The van der Waals surface area contributed by atoms with Gasteiger partial charge in [-0.15, -0.1) is 0 Å². The molecule has 0 heterocycles. The van der Waals surface area contributed by atoms with Gasteiger partial charge < -0.3 is 10.5 Å². The van der Waals surface area contributed by atoms with Gasteiger partial charge in [0.1, 0.15) is 5.75 Å². The van der Waals surface area contributed by atoms with Crippen LogP contribution in [-0.4, -0.2) is 6.61 Å². The number of benzene rings is 1. The summed E-state index contributed by atoms with van der Waals surface area (Å²) in [6.45, 7) is 4.83. The summed E-state index contributed by atoms with van der Waals surface area (Å²) in [5.41, 5.74) is 6.85. The molecule has 0 amide bonds. The van der Waals surface area contributed by atoms with E-state index in [-0.39, 0.29) is 5.54 Å². The Balaban J connectivity index is 2.14. The topological polar surface area (TPSA) is 35.2 Å². The van der Waals surface area contributed by atoms with Gasteiger partial charge in [-0.3, -0.25) is 0 Å². The monoisotopic (exact) mass is 283 g/mol. The number of rotatable bonds is 4. The molecule has 88 valence electrons. The first kappa shape index (κ1) is 11.9. The molecule has 16 heavy (non-hydrogen) atoms. The van der Waals surface area contributed by atoms with Gasteiger partial charge in [0.25, 0.3) is 0 Å². The van der Waals surface area contributed by atoms with Crippen LogP contribution >= 0.6 is 15.9 Å². The van der Waals surface area contributed by atoms with E-state index in [1.54, 1.807) is 0 Å². The molecule has 1 aromatic rings. The van der Waals surface area contributed by atoms with E-state index in [0.29, 0.717) is 0 Å². The molecule has 0 aromatic heterocycles. The third-order valence-corrected chi connectivity index (χ3v) is 3.50. The third-order valence-electron chi connectivity index (χ3n) is 2.85. The van der Waals surface area contributed by atoms with Crippen molar-refractivity contribution in [3.63, 3.8) is 0 Å². The van der Waals surface area contributed by atoms with Crippen LogP contribution in [0.25, 0.3) is 0 Å². The number of halogens is 1. The van der Waals surface area contributed by atoms with Crippen LogP contribution in [0.5, 0.6) is 5.75 Å². The van der Waals surface area contributed by atoms with Gasteiger partial charge in [0, 0.05) is 5.54 Å². The quantitative estimate of drug-likeness (QED) is 0.919. The average molecular weight is 284 g/mol. The van der Waals surface area contributed by atoms with Crippen molar-refractivity contribution < 1.29 is 4.74 Å². The van der Waals surface area contributed by atoms with E-state index >= 15 is 0 Å². The Morgan fingerprint density at radius 2 is 2.12 bits per heavy atom. The average Bonchev–Trinajstić information content (AvgIpc) is 2.98. The van der Waals surface area contributed by atoms with Gasteiger partial charge in [0.05, 0.1) is 11.1 Å². The third kappa shape index (κ3) is 2.98. The summed E-state index contributed by atoms with van der Waals surface area (Å²) in [4.78, 5) is 0. The molecule has 0 radical (unpaired) electrons. The molecule has 1 aliphatic carbocycles. The minimum absolute atomic E-state index is 0.321. The fraction of sp³-hybridized carbons (Fsp3) is 0.538. The van der Waals surface area contributed by atoms with Crippen molar-refractivity contribution in [2.75, 3.05) is 6.61 Å². The van der Waals surface area contributed by atoms with E-state index in [1.165, 1.54) is 12.8 Å². The SMILES string of the molecule is CC(C)(N)c1ccc(Br)c(OCC2CC2)c1. The van der Waals surface area contributed by atoms with Crippen molar-refractivity contribution in [3.05, 3.63) is 28.2 Å². The van der Waals surface area contributed by atoms with Gasteiger partial charge in [-0.05, 0) is 66.2 Å². The van der Waals surface area contributed by atoms with Crippen LogP contribution < -0.4 is 10.5 Å². The van der Waals surface area contributed by atoms with E-state index < -0.39 is 0 Å². The minimum Gasteiger partial charge on any atom is -0.492 e. The molecule has 2 N–H and O–H groups in total. The molecule has 3 heteroatoms. The molecule has 1 aliphatic rings. The maximum absolute atomic E-state index is 6.07. The van der Waals surface area contributed by atoms with E-state index in [0.717, 1.165) is 28.3 Å².